The number of rotatable bonds is 4. The zero-order valence-electron chi connectivity index (χ0n) is 10.7. The highest BCUT2D eigenvalue weighted by Crippen LogP contribution is 2.23. The van der Waals surface area contributed by atoms with Gasteiger partial charge in [-0.3, -0.25) is 4.99 Å². The Morgan fingerprint density at radius 3 is 2.59 bits per heavy atom. The summed E-state index contributed by atoms with van der Waals surface area (Å²) in [6.45, 7) is 7.80. The van der Waals surface area contributed by atoms with Gasteiger partial charge in [-0.25, -0.2) is 0 Å². The van der Waals surface area contributed by atoms with Gasteiger partial charge in [0, 0.05) is 6.61 Å². The summed E-state index contributed by atoms with van der Waals surface area (Å²) in [6.07, 6.45) is -0.0667. The van der Waals surface area contributed by atoms with Gasteiger partial charge in [0.15, 0.2) is 0 Å². The van der Waals surface area contributed by atoms with Crippen molar-refractivity contribution in [2.75, 3.05) is 13.2 Å². The molecule has 1 aliphatic rings. The highest BCUT2D eigenvalue weighted by atomic mass is 16.5. The lowest BCUT2D eigenvalue weighted by molar-refractivity contribution is 0.107. The molecule has 0 saturated heterocycles. The number of benzene rings is 1. The molecule has 1 unspecified atom stereocenters. The maximum absolute atomic E-state index is 5.81. The van der Waals surface area contributed by atoms with Crippen molar-refractivity contribution in [2.24, 2.45) is 4.99 Å². The Bertz CT molecular complexity index is 398. The van der Waals surface area contributed by atoms with Gasteiger partial charge in [0.2, 0.25) is 0 Å². The predicted octanol–water partition coefficient (Wildman–Crippen LogP) is 2.54. The SMILES string of the molecule is CCOC(C1=NCC(C)(C)N1)c1ccccc1. The molecule has 1 aromatic rings. The fraction of sp³-hybridized carbons (Fsp3) is 0.500. The van der Waals surface area contributed by atoms with Gasteiger partial charge in [-0.1, -0.05) is 30.3 Å². The summed E-state index contributed by atoms with van der Waals surface area (Å²) >= 11 is 0. The van der Waals surface area contributed by atoms with E-state index in [4.69, 9.17) is 4.74 Å². The van der Waals surface area contributed by atoms with Crippen molar-refractivity contribution in [3.05, 3.63) is 35.9 Å². The van der Waals surface area contributed by atoms with Crippen LogP contribution in [-0.4, -0.2) is 24.5 Å². The number of aliphatic imine (C=N–C) groups is 1. The maximum Gasteiger partial charge on any atom is 0.139 e. The first-order chi connectivity index (χ1) is 8.12. The molecule has 1 atom stereocenters. The molecule has 0 saturated carbocycles. The first-order valence-corrected chi connectivity index (χ1v) is 6.11. The minimum absolute atomic E-state index is 0.0411. The van der Waals surface area contributed by atoms with E-state index in [-0.39, 0.29) is 11.6 Å². The second kappa shape index (κ2) is 4.88. The second-order valence-corrected chi connectivity index (χ2v) is 4.96. The number of amidine groups is 1. The lowest BCUT2D eigenvalue weighted by Gasteiger charge is -2.23. The molecule has 1 heterocycles. The van der Waals surface area contributed by atoms with Gasteiger partial charge in [-0.05, 0) is 26.3 Å². The Morgan fingerprint density at radius 2 is 2.06 bits per heavy atom. The van der Waals surface area contributed by atoms with E-state index in [0.717, 1.165) is 17.9 Å². The van der Waals surface area contributed by atoms with Crippen molar-refractivity contribution in [3.8, 4) is 0 Å². The molecule has 0 spiro atoms. The molecule has 0 fully saturated rings. The lowest BCUT2D eigenvalue weighted by atomic mass is 10.1. The van der Waals surface area contributed by atoms with Crippen molar-refractivity contribution in [1.29, 1.82) is 0 Å². The highest BCUT2D eigenvalue weighted by Gasteiger charge is 2.30. The van der Waals surface area contributed by atoms with Crippen LogP contribution in [0.5, 0.6) is 0 Å². The van der Waals surface area contributed by atoms with Crippen LogP contribution in [0.2, 0.25) is 0 Å². The number of nitrogens with one attached hydrogen (secondary N) is 1. The van der Waals surface area contributed by atoms with E-state index in [0.29, 0.717) is 6.61 Å². The Hall–Kier alpha value is -1.35. The van der Waals surface area contributed by atoms with Crippen LogP contribution in [0.1, 0.15) is 32.4 Å². The van der Waals surface area contributed by atoms with Crippen molar-refractivity contribution >= 4 is 5.84 Å². The Morgan fingerprint density at radius 1 is 1.35 bits per heavy atom. The molecule has 3 heteroatoms. The summed E-state index contributed by atoms with van der Waals surface area (Å²) in [7, 11) is 0. The molecule has 0 bridgehead atoms. The molecule has 0 aromatic heterocycles. The average Bonchev–Trinajstić information content (AvgIpc) is 2.67. The molecule has 1 aliphatic heterocycles. The standard InChI is InChI=1S/C14H20N2O/c1-4-17-12(11-8-6-5-7-9-11)13-15-10-14(2,3)16-13/h5-9,12H,4,10H2,1-3H3,(H,15,16). The average molecular weight is 232 g/mol. The van der Waals surface area contributed by atoms with E-state index < -0.39 is 0 Å². The quantitative estimate of drug-likeness (QED) is 0.865. The summed E-state index contributed by atoms with van der Waals surface area (Å²) in [4.78, 5) is 4.56. The monoisotopic (exact) mass is 232 g/mol. The number of ether oxygens (including phenoxy) is 1. The Labute approximate surface area is 103 Å². The fourth-order valence-electron chi connectivity index (χ4n) is 1.98. The largest absolute Gasteiger partial charge is 0.366 e. The minimum Gasteiger partial charge on any atom is -0.366 e. The second-order valence-electron chi connectivity index (χ2n) is 4.96. The van der Waals surface area contributed by atoms with Crippen molar-refractivity contribution in [3.63, 3.8) is 0 Å². The van der Waals surface area contributed by atoms with Crippen LogP contribution in [0.4, 0.5) is 0 Å². The van der Waals surface area contributed by atoms with Crippen LogP contribution >= 0.6 is 0 Å². The number of hydrogen-bond donors (Lipinski definition) is 1. The summed E-state index contributed by atoms with van der Waals surface area (Å²) in [5.74, 6) is 0.947. The molecule has 17 heavy (non-hydrogen) atoms. The third kappa shape index (κ3) is 2.86. The first-order valence-electron chi connectivity index (χ1n) is 6.11. The van der Waals surface area contributed by atoms with Gasteiger partial charge in [0.25, 0.3) is 0 Å². The van der Waals surface area contributed by atoms with Crippen molar-refractivity contribution < 1.29 is 4.74 Å². The third-order valence-electron chi connectivity index (χ3n) is 2.80. The normalized spacial score (nSPS) is 19.6. The molecule has 1 N–H and O–H groups in total. The van der Waals surface area contributed by atoms with Crippen LogP contribution in [0.15, 0.2) is 35.3 Å². The number of nitrogens with zero attached hydrogens (tertiary/aromatic N) is 1. The summed E-state index contributed by atoms with van der Waals surface area (Å²) in [5.41, 5.74) is 1.19. The van der Waals surface area contributed by atoms with Gasteiger partial charge in [-0.2, -0.15) is 0 Å². The zero-order chi connectivity index (χ0) is 12.3. The van der Waals surface area contributed by atoms with E-state index in [9.17, 15) is 0 Å². The fourth-order valence-corrected chi connectivity index (χ4v) is 1.98. The van der Waals surface area contributed by atoms with Gasteiger partial charge < -0.3 is 10.1 Å². The molecule has 3 nitrogen and oxygen atoms in total. The summed E-state index contributed by atoms with van der Waals surface area (Å²) < 4.78 is 5.81. The van der Waals surface area contributed by atoms with E-state index >= 15 is 0 Å². The van der Waals surface area contributed by atoms with Gasteiger partial charge in [0.1, 0.15) is 11.9 Å². The molecular formula is C14H20N2O. The van der Waals surface area contributed by atoms with Crippen LogP contribution in [-0.2, 0) is 4.74 Å². The Balaban J connectivity index is 2.19. The minimum atomic E-state index is -0.0667. The zero-order valence-corrected chi connectivity index (χ0v) is 10.7. The number of hydrogen-bond acceptors (Lipinski definition) is 3. The van der Waals surface area contributed by atoms with E-state index in [1.165, 1.54) is 0 Å². The molecular weight excluding hydrogens is 212 g/mol. The van der Waals surface area contributed by atoms with Crippen molar-refractivity contribution in [1.82, 2.24) is 5.32 Å². The first kappa shape index (κ1) is 12.1. The van der Waals surface area contributed by atoms with Gasteiger partial charge >= 0.3 is 0 Å². The van der Waals surface area contributed by atoms with Gasteiger partial charge in [-0.15, -0.1) is 0 Å². The summed E-state index contributed by atoms with van der Waals surface area (Å²) in [6, 6.07) is 10.2. The van der Waals surface area contributed by atoms with Crippen LogP contribution < -0.4 is 5.32 Å². The van der Waals surface area contributed by atoms with E-state index in [2.05, 4.69) is 36.3 Å². The molecule has 0 aliphatic carbocycles. The van der Waals surface area contributed by atoms with E-state index in [1.807, 2.05) is 25.1 Å². The molecule has 92 valence electrons. The maximum atomic E-state index is 5.81. The third-order valence-corrected chi connectivity index (χ3v) is 2.80. The van der Waals surface area contributed by atoms with Crippen molar-refractivity contribution in [2.45, 2.75) is 32.4 Å². The van der Waals surface area contributed by atoms with Crippen LogP contribution in [0.3, 0.4) is 0 Å². The molecule has 2 rings (SSSR count). The lowest BCUT2D eigenvalue weighted by Crippen LogP contribution is -2.42. The predicted molar refractivity (Wildman–Crippen MR) is 70.3 cm³/mol. The smallest absolute Gasteiger partial charge is 0.139 e. The molecule has 0 radical (unpaired) electrons. The van der Waals surface area contributed by atoms with Crippen LogP contribution in [0, 0.1) is 0 Å². The molecule has 0 amide bonds. The molecule has 1 aromatic carbocycles. The van der Waals surface area contributed by atoms with Crippen LogP contribution in [0.25, 0.3) is 0 Å². The topological polar surface area (TPSA) is 33.6 Å². The van der Waals surface area contributed by atoms with Gasteiger partial charge in [0.05, 0.1) is 12.1 Å². The summed E-state index contributed by atoms with van der Waals surface area (Å²) in [5, 5.41) is 3.44. The highest BCUT2D eigenvalue weighted by molar-refractivity contribution is 5.89. The van der Waals surface area contributed by atoms with E-state index in [1.54, 1.807) is 0 Å². The Kier molecular flexibility index (Phi) is 3.48.